The predicted octanol–water partition coefficient (Wildman–Crippen LogP) is 3.71. The Hall–Kier alpha value is -2.33. The van der Waals surface area contributed by atoms with Crippen LogP contribution in [0.2, 0.25) is 0 Å². The minimum Gasteiger partial charge on any atom is -0.497 e. The number of hydrogen-bond acceptors (Lipinski definition) is 3. The molecular weight excluding hydrogens is 312 g/mol. The number of carbonyl (C=O) groups excluding carboxylic acids is 1. The van der Waals surface area contributed by atoms with Crippen LogP contribution in [0.15, 0.2) is 54.6 Å². The van der Waals surface area contributed by atoms with Crippen LogP contribution in [-0.2, 0) is 4.79 Å². The molecule has 3 rings (SSSR count). The van der Waals surface area contributed by atoms with Gasteiger partial charge >= 0.3 is 0 Å². The van der Waals surface area contributed by atoms with Crippen molar-refractivity contribution in [2.24, 2.45) is 0 Å². The first-order valence-corrected chi connectivity index (χ1v) is 8.89. The molecule has 0 aromatic heterocycles. The molecule has 1 fully saturated rings. The molecule has 2 aromatic rings. The van der Waals surface area contributed by atoms with Crippen molar-refractivity contribution >= 4 is 5.91 Å². The van der Waals surface area contributed by atoms with Crippen molar-refractivity contribution in [1.29, 1.82) is 0 Å². The molecule has 4 nitrogen and oxygen atoms in total. The Balaban J connectivity index is 1.59. The van der Waals surface area contributed by atoms with E-state index in [9.17, 15) is 4.79 Å². The van der Waals surface area contributed by atoms with Gasteiger partial charge in [-0.05, 0) is 49.6 Å². The summed E-state index contributed by atoms with van der Waals surface area (Å²) in [5.74, 6) is 0.944. The number of methoxy groups -OCH3 is 1. The molecule has 0 aliphatic carbocycles. The molecule has 4 heteroatoms. The van der Waals surface area contributed by atoms with Crippen LogP contribution in [0.3, 0.4) is 0 Å². The van der Waals surface area contributed by atoms with Crippen LogP contribution in [0.25, 0.3) is 0 Å². The SMILES string of the molecule is COc1ccc(C2CCCN2CC(=O)NC(C)c2ccccc2)cc1. The van der Waals surface area contributed by atoms with Crippen molar-refractivity contribution in [1.82, 2.24) is 10.2 Å². The van der Waals surface area contributed by atoms with Crippen molar-refractivity contribution in [2.75, 3.05) is 20.2 Å². The summed E-state index contributed by atoms with van der Waals surface area (Å²) in [6.45, 7) is 3.43. The summed E-state index contributed by atoms with van der Waals surface area (Å²) in [7, 11) is 1.68. The zero-order valence-electron chi connectivity index (χ0n) is 14.9. The maximum Gasteiger partial charge on any atom is 0.234 e. The average Bonchev–Trinajstić information content (AvgIpc) is 3.10. The van der Waals surface area contributed by atoms with Gasteiger partial charge in [-0.1, -0.05) is 42.5 Å². The summed E-state index contributed by atoms with van der Waals surface area (Å²) < 4.78 is 5.23. The second-order valence-corrected chi connectivity index (χ2v) is 6.60. The zero-order chi connectivity index (χ0) is 17.6. The number of nitrogens with one attached hydrogen (secondary N) is 1. The molecule has 0 spiro atoms. The Labute approximate surface area is 149 Å². The van der Waals surface area contributed by atoms with E-state index in [1.807, 2.05) is 49.4 Å². The molecule has 2 atom stereocenters. The molecule has 2 aromatic carbocycles. The molecule has 0 bridgehead atoms. The fraction of sp³-hybridized carbons (Fsp3) is 0.381. The Morgan fingerprint density at radius 3 is 2.60 bits per heavy atom. The van der Waals surface area contributed by atoms with Gasteiger partial charge in [-0.25, -0.2) is 0 Å². The normalized spacial score (nSPS) is 18.7. The van der Waals surface area contributed by atoms with E-state index in [2.05, 4.69) is 22.3 Å². The van der Waals surface area contributed by atoms with Gasteiger partial charge in [0.15, 0.2) is 0 Å². The van der Waals surface area contributed by atoms with E-state index in [-0.39, 0.29) is 11.9 Å². The number of carbonyl (C=O) groups is 1. The Bertz CT molecular complexity index is 685. The number of nitrogens with zero attached hydrogens (tertiary/aromatic N) is 1. The Morgan fingerprint density at radius 1 is 1.20 bits per heavy atom. The number of ether oxygens (including phenoxy) is 1. The van der Waals surface area contributed by atoms with Crippen molar-refractivity contribution < 1.29 is 9.53 Å². The molecule has 1 aliphatic rings. The van der Waals surface area contributed by atoms with Gasteiger partial charge in [-0.3, -0.25) is 9.69 Å². The summed E-state index contributed by atoms with van der Waals surface area (Å²) in [6.07, 6.45) is 2.21. The van der Waals surface area contributed by atoms with Crippen LogP contribution in [0.5, 0.6) is 5.75 Å². The van der Waals surface area contributed by atoms with Crippen LogP contribution >= 0.6 is 0 Å². The Kier molecular flexibility index (Phi) is 5.71. The van der Waals surface area contributed by atoms with Crippen LogP contribution in [0.4, 0.5) is 0 Å². The second-order valence-electron chi connectivity index (χ2n) is 6.60. The highest BCUT2D eigenvalue weighted by Crippen LogP contribution is 2.32. The second kappa shape index (κ2) is 8.17. The summed E-state index contributed by atoms with van der Waals surface area (Å²) in [4.78, 5) is 14.8. The van der Waals surface area contributed by atoms with Crippen molar-refractivity contribution in [3.05, 3.63) is 65.7 Å². The lowest BCUT2D eigenvalue weighted by Crippen LogP contribution is -2.38. The maximum atomic E-state index is 12.5. The van der Waals surface area contributed by atoms with Gasteiger partial charge in [0.25, 0.3) is 0 Å². The standard InChI is InChI=1S/C21H26N2O2/c1-16(17-7-4-3-5-8-17)22-21(24)15-23-14-6-9-20(23)18-10-12-19(25-2)13-11-18/h3-5,7-8,10-13,16,20H,6,9,14-15H2,1-2H3,(H,22,24). The summed E-state index contributed by atoms with van der Waals surface area (Å²) in [6, 6.07) is 18.6. The molecule has 2 unspecified atom stereocenters. The first kappa shape index (κ1) is 17.5. The molecule has 132 valence electrons. The molecule has 25 heavy (non-hydrogen) atoms. The molecule has 0 saturated carbocycles. The molecule has 0 radical (unpaired) electrons. The third kappa shape index (κ3) is 4.40. The lowest BCUT2D eigenvalue weighted by molar-refractivity contribution is -0.123. The first-order chi connectivity index (χ1) is 12.2. The monoisotopic (exact) mass is 338 g/mol. The smallest absolute Gasteiger partial charge is 0.234 e. The predicted molar refractivity (Wildman–Crippen MR) is 99.5 cm³/mol. The van der Waals surface area contributed by atoms with Gasteiger partial charge in [0.1, 0.15) is 5.75 Å². The zero-order valence-corrected chi connectivity index (χ0v) is 14.9. The molecule has 1 heterocycles. The largest absolute Gasteiger partial charge is 0.497 e. The average molecular weight is 338 g/mol. The third-order valence-corrected chi connectivity index (χ3v) is 4.89. The first-order valence-electron chi connectivity index (χ1n) is 8.89. The molecule has 1 amide bonds. The number of rotatable bonds is 6. The summed E-state index contributed by atoms with van der Waals surface area (Å²) >= 11 is 0. The fourth-order valence-corrected chi connectivity index (χ4v) is 3.52. The number of hydrogen-bond donors (Lipinski definition) is 1. The van der Waals surface area contributed by atoms with Crippen LogP contribution in [0.1, 0.15) is 43.0 Å². The van der Waals surface area contributed by atoms with E-state index in [0.29, 0.717) is 12.6 Å². The van der Waals surface area contributed by atoms with Crippen molar-refractivity contribution in [3.8, 4) is 5.75 Å². The van der Waals surface area contributed by atoms with E-state index in [0.717, 1.165) is 30.7 Å². The van der Waals surface area contributed by atoms with Gasteiger partial charge < -0.3 is 10.1 Å². The fourth-order valence-electron chi connectivity index (χ4n) is 3.52. The summed E-state index contributed by atoms with van der Waals surface area (Å²) in [5.41, 5.74) is 2.38. The highest BCUT2D eigenvalue weighted by atomic mass is 16.5. The van der Waals surface area contributed by atoms with E-state index >= 15 is 0 Å². The topological polar surface area (TPSA) is 41.6 Å². The van der Waals surface area contributed by atoms with Gasteiger partial charge in [0.2, 0.25) is 5.91 Å². The number of amides is 1. The van der Waals surface area contributed by atoms with Crippen LogP contribution in [-0.4, -0.2) is 31.0 Å². The lowest BCUT2D eigenvalue weighted by Gasteiger charge is -2.25. The van der Waals surface area contributed by atoms with E-state index < -0.39 is 0 Å². The van der Waals surface area contributed by atoms with E-state index in [1.165, 1.54) is 5.56 Å². The van der Waals surface area contributed by atoms with Gasteiger partial charge in [0, 0.05) is 6.04 Å². The molecule has 1 aliphatic heterocycles. The van der Waals surface area contributed by atoms with E-state index in [4.69, 9.17) is 4.74 Å². The van der Waals surface area contributed by atoms with Gasteiger partial charge in [0.05, 0.1) is 19.7 Å². The van der Waals surface area contributed by atoms with Crippen LogP contribution < -0.4 is 10.1 Å². The quantitative estimate of drug-likeness (QED) is 0.873. The van der Waals surface area contributed by atoms with E-state index in [1.54, 1.807) is 7.11 Å². The number of benzene rings is 2. The lowest BCUT2D eigenvalue weighted by atomic mass is 10.0. The summed E-state index contributed by atoms with van der Waals surface area (Å²) in [5, 5.41) is 3.11. The Morgan fingerprint density at radius 2 is 1.92 bits per heavy atom. The molecular formula is C21H26N2O2. The number of likely N-dealkylation sites (tertiary alicyclic amines) is 1. The van der Waals surface area contributed by atoms with Gasteiger partial charge in [-0.2, -0.15) is 0 Å². The molecule has 1 N–H and O–H groups in total. The van der Waals surface area contributed by atoms with Crippen molar-refractivity contribution in [3.63, 3.8) is 0 Å². The minimum absolute atomic E-state index is 0.0238. The molecule has 1 saturated heterocycles. The third-order valence-electron chi connectivity index (χ3n) is 4.89. The highest BCUT2D eigenvalue weighted by molar-refractivity contribution is 5.78. The highest BCUT2D eigenvalue weighted by Gasteiger charge is 2.27. The van der Waals surface area contributed by atoms with Crippen molar-refractivity contribution in [2.45, 2.75) is 31.8 Å². The maximum absolute atomic E-state index is 12.5. The van der Waals surface area contributed by atoms with Crippen LogP contribution in [0, 0.1) is 0 Å². The minimum atomic E-state index is 0.0238. The van der Waals surface area contributed by atoms with Gasteiger partial charge in [-0.15, -0.1) is 0 Å².